The quantitative estimate of drug-likeness (QED) is 0.282. The molecule has 0 saturated heterocycles. The Balaban J connectivity index is 1.64. The highest BCUT2D eigenvalue weighted by Crippen LogP contribution is 2.22. The third-order valence-electron chi connectivity index (χ3n) is 7.00. The van der Waals surface area contributed by atoms with Crippen LogP contribution in [0.5, 0.6) is 0 Å². The lowest BCUT2D eigenvalue weighted by atomic mass is 10.0. The molecule has 2 amide bonds. The third kappa shape index (κ3) is 5.73. The summed E-state index contributed by atoms with van der Waals surface area (Å²) in [4.78, 5) is 29.1. The molecule has 0 radical (unpaired) electrons. The largest absolute Gasteiger partial charge is 0.463 e. The van der Waals surface area contributed by atoms with Gasteiger partial charge in [0, 0.05) is 6.54 Å². The lowest BCUT2D eigenvalue weighted by molar-refractivity contribution is 0.0945. The van der Waals surface area contributed by atoms with Crippen LogP contribution in [-0.2, 0) is 13.0 Å². The zero-order valence-electron chi connectivity index (χ0n) is 22.7. The fraction of sp³-hybridized carbons (Fsp3) is 0.226. The maximum atomic E-state index is 13.0. The predicted octanol–water partition coefficient (Wildman–Crippen LogP) is 5.20. The maximum absolute atomic E-state index is 13.0. The molecule has 2 aromatic heterocycles. The van der Waals surface area contributed by atoms with Gasteiger partial charge in [-0.3, -0.25) is 4.79 Å². The molecule has 0 saturated carbocycles. The lowest BCUT2D eigenvalue weighted by Gasteiger charge is -2.21. The molecule has 2 heterocycles. The number of benzene rings is 3. The summed E-state index contributed by atoms with van der Waals surface area (Å²) in [6.07, 6.45) is 0.639. The van der Waals surface area contributed by atoms with Crippen LogP contribution in [0.1, 0.15) is 44.4 Å². The second-order valence-corrected chi connectivity index (χ2v) is 9.97. The van der Waals surface area contributed by atoms with Crippen LogP contribution in [-0.4, -0.2) is 37.9 Å². The summed E-state index contributed by atoms with van der Waals surface area (Å²) in [5, 5.41) is 16.6. The Morgan fingerprint density at radius 2 is 1.55 bits per heavy atom. The number of nitrogens with zero attached hydrogens (tertiary/aromatic N) is 4. The van der Waals surface area contributed by atoms with Crippen molar-refractivity contribution in [2.24, 2.45) is 4.99 Å². The second-order valence-electron chi connectivity index (χ2n) is 9.97. The highest BCUT2D eigenvalue weighted by molar-refractivity contribution is 5.94. The number of carbonyl (C=O) groups excluding carboxylic acids is 1. The number of nitrogens with one attached hydrogen (secondary N) is 1. The van der Waals surface area contributed by atoms with Gasteiger partial charge in [0.1, 0.15) is 11.3 Å². The van der Waals surface area contributed by atoms with Gasteiger partial charge in [-0.25, -0.2) is 4.79 Å². The van der Waals surface area contributed by atoms with E-state index in [9.17, 15) is 14.7 Å². The van der Waals surface area contributed by atoms with E-state index >= 15 is 0 Å². The van der Waals surface area contributed by atoms with Crippen LogP contribution in [0.25, 0.3) is 11.0 Å². The van der Waals surface area contributed by atoms with Gasteiger partial charge in [0.25, 0.3) is 5.91 Å². The van der Waals surface area contributed by atoms with Crippen LogP contribution < -0.4 is 10.9 Å². The summed E-state index contributed by atoms with van der Waals surface area (Å²) in [7, 11) is 0. The van der Waals surface area contributed by atoms with Gasteiger partial charge in [-0.1, -0.05) is 76.9 Å². The molecular weight excluding hydrogens is 506 g/mol. The first kappa shape index (κ1) is 26.7. The fourth-order valence-corrected chi connectivity index (χ4v) is 4.91. The maximum Gasteiger partial charge on any atom is 0.434 e. The standard InChI is InChI=1S/C31H31N5O4/c1-20-8-12-23(13-9-20)16-25(17-32-29(37)26-18-33-40-22(26)3)36-28-7-5-4-6-27(28)35(30(36)34-31(38)39)19-24-14-10-21(2)11-15-24/h4-15,18,25H,16-17,19H2,1-3H3,(H,32,37)(H,38,39)/b34-30-/t25-/m0/s1. The topological polar surface area (TPSA) is 115 Å². The van der Waals surface area contributed by atoms with Gasteiger partial charge in [0.05, 0.1) is 29.8 Å². The monoisotopic (exact) mass is 537 g/mol. The number of fused-ring (bicyclic) bond motifs is 1. The number of aromatic nitrogens is 3. The first-order valence-corrected chi connectivity index (χ1v) is 13.1. The van der Waals surface area contributed by atoms with Gasteiger partial charge in [0.15, 0.2) is 0 Å². The molecule has 204 valence electrons. The Morgan fingerprint density at radius 3 is 2.15 bits per heavy atom. The van der Waals surface area contributed by atoms with Crippen molar-refractivity contribution in [3.05, 3.63) is 118 Å². The van der Waals surface area contributed by atoms with E-state index in [0.29, 0.717) is 29.9 Å². The van der Waals surface area contributed by atoms with E-state index in [1.807, 2.05) is 95.8 Å². The van der Waals surface area contributed by atoms with Gasteiger partial charge in [-0.2, -0.15) is 0 Å². The fourth-order valence-electron chi connectivity index (χ4n) is 4.91. The van der Waals surface area contributed by atoms with Gasteiger partial charge in [-0.15, -0.1) is 4.99 Å². The minimum atomic E-state index is -1.29. The molecule has 9 nitrogen and oxygen atoms in total. The van der Waals surface area contributed by atoms with E-state index in [1.165, 1.54) is 6.20 Å². The molecule has 0 aliphatic heterocycles. The Hall–Kier alpha value is -4.92. The number of amides is 2. The van der Waals surface area contributed by atoms with Crippen LogP contribution in [0.3, 0.4) is 0 Å². The lowest BCUT2D eigenvalue weighted by Crippen LogP contribution is -2.38. The Morgan fingerprint density at radius 1 is 0.925 bits per heavy atom. The van der Waals surface area contributed by atoms with Crippen LogP contribution in [0.2, 0.25) is 0 Å². The Kier molecular flexibility index (Phi) is 7.63. The van der Waals surface area contributed by atoms with E-state index in [2.05, 4.69) is 15.5 Å². The highest BCUT2D eigenvalue weighted by Gasteiger charge is 2.23. The van der Waals surface area contributed by atoms with E-state index in [0.717, 1.165) is 33.3 Å². The van der Waals surface area contributed by atoms with Gasteiger partial charge in [-0.05, 0) is 50.5 Å². The van der Waals surface area contributed by atoms with E-state index < -0.39 is 6.09 Å². The smallest absolute Gasteiger partial charge is 0.434 e. The summed E-state index contributed by atoms with van der Waals surface area (Å²) in [5.74, 6) is 0.116. The van der Waals surface area contributed by atoms with Gasteiger partial charge < -0.3 is 24.1 Å². The molecule has 2 N–H and O–H groups in total. The first-order valence-electron chi connectivity index (χ1n) is 13.1. The second kappa shape index (κ2) is 11.4. The molecule has 5 aromatic rings. The van der Waals surface area contributed by atoms with Crippen molar-refractivity contribution in [2.75, 3.05) is 6.54 Å². The molecule has 0 bridgehead atoms. The van der Waals surface area contributed by atoms with Crippen molar-refractivity contribution in [3.8, 4) is 0 Å². The minimum absolute atomic E-state index is 0.225. The molecule has 40 heavy (non-hydrogen) atoms. The highest BCUT2D eigenvalue weighted by atomic mass is 16.5. The number of imidazole rings is 1. The molecule has 0 fully saturated rings. The normalized spacial score (nSPS) is 12.5. The van der Waals surface area contributed by atoms with Crippen LogP contribution >= 0.6 is 0 Å². The van der Waals surface area contributed by atoms with Crippen molar-refractivity contribution in [3.63, 3.8) is 0 Å². The number of carboxylic acid groups (broad SMARTS) is 1. The number of hydrogen-bond donors (Lipinski definition) is 2. The van der Waals surface area contributed by atoms with Crippen molar-refractivity contribution in [1.82, 2.24) is 19.6 Å². The number of rotatable bonds is 8. The third-order valence-corrected chi connectivity index (χ3v) is 7.00. The Bertz CT molecular complexity index is 1730. The zero-order valence-corrected chi connectivity index (χ0v) is 22.7. The number of carbonyl (C=O) groups is 2. The number of hydrogen-bond acceptors (Lipinski definition) is 4. The molecule has 0 aliphatic carbocycles. The van der Waals surface area contributed by atoms with Gasteiger partial charge in [0.2, 0.25) is 5.62 Å². The molecule has 0 spiro atoms. The molecule has 5 rings (SSSR count). The Labute approximate surface area is 231 Å². The van der Waals surface area contributed by atoms with Crippen molar-refractivity contribution in [1.29, 1.82) is 0 Å². The average Bonchev–Trinajstić information content (AvgIpc) is 3.49. The van der Waals surface area contributed by atoms with Crippen molar-refractivity contribution >= 4 is 23.0 Å². The van der Waals surface area contributed by atoms with E-state index in [1.54, 1.807) is 6.92 Å². The SMILES string of the molecule is Cc1ccc(C[C@@H](CNC(=O)c2cnoc2C)n2/c(=N\C(=O)O)n(Cc3ccc(C)cc3)c3ccccc32)cc1. The van der Waals surface area contributed by atoms with E-state index in [4.69, 9.17) is 4.52 Å². The summed E-state index contributed by atoms with van der Waals surface area (Å²) < 4.78 is 8.92. The van der Waals surface area contributed by atoms with Crippen LogP contribution in [0.4, 0.5) is 4.79 Å². The molecule has 0 aliphatic rings. The summed E-state index contributed by atoms with van der Waals surface area (Å²) in [6.45, 7) is 6.40. The van der Waals surface area contributed by atoms with Gasteiger partial charge >= 0.3 is 6.09 Å². The molecule has 0 unspecified atom stereocenters. The minimum Gasteiger partial charge on any atom is -0.463 e. The van der Waals surface area contributed by atoms with Crippen molar-refractivity contribution in [2.45, 2.75) is 39.8 Å². The summed E-state index contributed by atoms with van der Waals surface area (Å²) in [6, 6.07) is 23.7. The van der Waals surface area contributed by atoms with Crippen LogP contribution in [0, 0.1) is 20.8 Å². The molecule has 1 atom stereocenters. The summed E-state index contributed by atoms with van der Waals surface area (Å²) in [5.41, 5.74) is 6.67. The number of para-hydroxylation sites is 2. The van der Waals surface area contributed by atoms with Crippen LogP contribution in [0.15, 0.2) is 88.5 Å². The number of aryl methyl sites for hydroxylation is 3. The molecule has 9 heteroatoms. The molecule has 3 aromatic carbocycles. The predicted molar refractivity (Wildman–Crippen MR) is 151 cm³/mol. The molecular formula is C31H31N5O4. The zero-order chi connectivity index (χ0) is 28.2. The summed E-state index contributed by atoms with van der Waals surface area (Å²) >= 11 is 0. The average molecular weight is 538 g/mol. The first-order chi connectivity index (χ1) is 19.3. The van der Waals surface area contributed by atoms with Crippen molar-refractivity contribution < 1.29 is 19.2 Å². The van der Waals surface area contributed by atoms with E-state index in [-0.39, 0.29) is 18.5 Å².